The Hall–Kier alpha value is -2.55. The zero-order valence-electron chi connectivity index (χ0n) is 15.4. The summed E-state index contributed by atoms with van der Waals surface area (Å²) < 4.78 is 3.55. The lowest BCUT2D eigenvalue weighted by atomic mass is 9.90. The number of aryl methyl sites for hydroxylation is 1. The van der Waals surface area contributed by atoms with Crippen LogP contribution in [0.5, 0.6) is 0 Å². The Balaban J connectivity index is 1.63. The minimum absolute atomic E-state index is 0.213. The van der Waals surface area contributed by atoms with Crippen LogP contribution >= 0.6 is 0 Å². The predicted octanol–water partition coefficient (Wildman–Crippen LogP) is 1.35. The van der Waals surface area contributed by atoms with E-state index in [-0.39, 0.29) is 6.04 Å². The maximum Gasteiger partial charge on any atom is 0.178 e. The molecule has 4 heterocycles. The second-order valence-corrected chi connectivity index (χ2v) is 7.17. The highest BCUT2D eigenvalue weighted by molar-refractivity contribution is 5.46. The first-order chi connectivity index (χ1) is 12.5. The Morgan fingerprint density at radius 1 is 1.23 bits per heavy atom. The number of aliphatic hydroxyl groups is 1. The van der Waals surface area contributed by atoms with Gasteiger partial charge >= 0.3 is 0 Å². The van der Waals surface area contributed by atoms with Gasteiger partial charge in [-0.1, -0.05) is 12.1 Å². The third-order valence-corrected chi connectivity index (χ3v) is 4.94. The molecule has 4 rings (SSSR count). The van der Waals surface area contributed by atoms with Crippen molar-refractivity contribution in [1.29, 1.82) is 0 Å². The minimum atomic E-state index is -1.02. The summed E-state index contributed by atoms with van der Waals surface area (Å²) in [7, 11) is 0. The summed E-state index contributed by atoms with van der Waals surface area (Å²) in [6.07, 6.45) is 4.13. The number of nitrogens with zero attached hydrogens (tertiary/aromatic N) is 8. The number of fused-ring (bicyclic) bond motifs is 1. The Labute approximate surface area is 151 Å². The quantitative estimate of drug-likeness (QED) is 0.753. The van der Waals surface area contributed by atoms with Gasteiger partial charge in [0.1, 0.15) is 17.1 Å². The molecule has 1 atom stereocenters. The second kappa shape index (κ2) is 6.31. The first-order valence-electron chi connectivity index (χ1n) is 9.11. The number of hydrogen-bond donors (Lipinski definition) is 1. The normalized spacial score (nSPS) is 21.0. The molecule has 1 N–H and O–H groups in total. The summed E-state index contributed by atoms with van der Waals surface area (Å²) in [5.41, 5.74) is 0.330. The first-order valence-corrected chi connectivity index (χ1v) is 9.11. The van der Waals surface area contributed by atoms with Crippen LogP contribution in [0, 0.1) is 0 Å². The summed E-state index contributed by atoms with van der Waals surface area (Å²) >= 11 is 0. The van der Waals surface area contributed by atoms with Crippen LogP contribution in [0.3, 0.4) is 0 Å². The lowest BCUT2D eigenvalue weighted by Gasteiger charge is -2.38. The standard InChI is InChI=1S/C17H24N8O/c1-4-14-19-20-15-6-7-16(21-25(14)15)23-9-5-8-17(26,11-23)13-10-24(12(2)3)22-18-13/h6-7,10,12,26H,4-5,8-9,11H2,1-3H3/t17-/m0/s1. The fraction of sp³-hybridized carbons (Fsp3) is 0.588. The molecule has 138 valence electrons. The maximum atomic E-state index is 11.2. The van der Waals surface area contributed by atoms with Gasteiger partial charge in [0.2, 0.25) is 0 Å². The molecule has 1 aliphatic rings. The van der Waals surface area contributed by atoms with Crippen LogP contribution in [-0.2, 0) is 12.0 Å². The van der Waals surface area contributed by atoms with Crippen molar-refractivity contribution in [3.63, 3.8) is 0 Å². The van der Waals surface area contributed by atoms with Crippen molar-refractivity contribution < 1.29 is 5.11 Å². The summed E-state index contributed by atoms with van der Waals surface area (Å²) in [6.45, 7) is 7.38. The Morgan fingerprint density at radius 2 is 2.08 bits per heavy atom. The summed E-state index contributed by atoms with van der Waals surface area (Å²) in [5, 5.41) is 32.6. The lowest BCUT2D eigenvalue weighted by molar-refractivity contribution is 0.0174. The van der Waals surface area contributed by atoms with E-state index in [9.17, 15) is 5.11 Å². The van der Waals surface area contributed by atoms with Gasteiger partial charge in [0.25, 0.3) is 0 Å². The van der Waals surface area contributed by atoms with Crippen LogP contribution < -0.4 is 4.90 Å². The Bertz CT molecular complexity index is 917. The third kappa shape index (κ3) is 2.82. The van der Waals surface area contributed by atoms with Crippen molar-refractivity contribution in [2.24, 2.45) is 0 Å². The maximum absolute atomic E-state index is 11.2. The van der Waals surface area contributed by atoms with Crippen molar-refractivity contribution in [1.82, 2.24) is 34.8 Å². The second-order valence-electron chi connectivity index (χ2n) is 7.17. The topological polar surface area (TPSA) is 97.3 Å². The fourth-order valence-electron chi connectivity index (χ4n) is 3.40. The van der Waals surface area contributed by atoms with Crippen LogP contribution in [-0.4, -0.2) is 53.0 Å². The van der Waals surface area contributed by atoms with Gasteiger partial charge in [0, 0.05) is 19.0 Å². The third-order valence-electron chi connectivity index (χ3n) is 4.94. The molecule has 3 aromatic heterocycles. The van der Waals surface area contributed by atoms with E-state index >= 15 is 0 Å². The summed E-state index contributed by atoms with van der Waals surface area (Å²) in [6, 6.07) is 4.06. The number of anilines is 1. The van der Waals surface area contributed by atoms with Gasteiger partial charge < -0.3 is 10.0 Å². The molecule has 0 radical (unpaired) electrons. The monoisotopic (exact) mass is 356 g/mol. The molecule has 0 aromatic carbocycles. The van der Waals surface area contributed by atoms with Gasteiger partial charge in [-0.25, -0.2) is 4.68 Å². The average molecular weight is 356 g/mol. The molecule has 1 fully saturated rings. The molecule has 0 unspecified atom stereocenters. The molecule has 1 saturated heterocycles. The van der Waals surface area contributed by atoms with E-state index in [0.717, 1.165) is 36.7 Å². The molecule has 0 aliphatic carbocycles. The largest absolute Gasteiger partial charge is 0.382 e. The zero-order valence-corrected chi connectivity index (χ0v) is 15.4. The highest BCUT2D eigenvalue weighted by atomic mass is 16.3. The highest BCUT2D eigenvalue weighted by Crippen LogP contribution is 2.32. The van der Waals surface area contributed by atoms with Crippen LogP contribution in [0.15, 0.2) is 18.3 Å². The highest BCUT2D eigenvalue weighted by Gasteiger charge is 2.38. The van der Waals surface area contributed by atoms with Gasteiger partial charge in [0.15, 0.2) is 11.5 Å². The molecule has 9 heteroatoms. The fourth-order valence-corrected chi connectivity index (χ4v) is 3.40. The van der Waals surface area contributed by atoms with Crippen molar-refractivity contribution >= 4 is 11.5 Å². The van der Waals surface area contributed by atoms with Crippen LogP contribution in [0.1, 0.15) is 51.2 Å². The molecule has 0 saturated carbocycles. The van der Waals surface area contributed by atoms with Crippen LogP contribution in [0.25, 0.3) is 5.65 Å². The van der Waals surface area contributed by atoms with Crippen molar-refractivity contribution in [3.8, 4) is 0 Å². The Morgan fingerprint density at radius 3 is 2.81 bits per heavy atom. The van der Waals surface area contributed by atoms with Gasteiger partial charge in [0.05, 0.1) is 12.7 Å². The minimum Gasteiger partial charge on any atom is -0.382 e. The van der Waals surface area contributed by atoms with Crippen LogP contribution in [0.4, 0.5) is 5.82 Å². The van der Waals surface area contributed by atoms with E-state index in [2.05, 4.69) is 30.5 Å². The molecular weight excluding hydrogens is 332 g/mol. The Kier molecular flexibility index (Phi) is 4.10. The van der Waals surface area contributed by atoms with Crippen molar-refractivity contribution in [2.75, 3.05) is 18.0 Å². The average Bonchev–Trinajstić information content (AvgIpc) is 3.28. The van der Waals surface area contributed by atoms with Gasteiger partial charge in [-0.05, 0) is 38.8 Å². The molecule has 9 nitrogen and oxygen atoms in total. The molecule has 0 amide bonds. The summed E-state index contributed by atoms with van der Waals surface area (Å²) in [5.74, 6) is 1.63. The van der Waals surface area contributed by atoms with Gasteiger partial charge in [-0.3, -0.25) is 0 Å². The van der Waals surface area contributed by atoms with Gasteiger partial charge in [-0.15, -0.1) is 20.4 Å². The van der Waals surface area contributed by atoms with E-state index in [4.69, 9.17) is 0 Å². The van der Waals surface area contributed by atoms with Crippen molar-refractivity contribution in [3.05, 3.63) is 29.8 Å². The van der Waals surface area contributed by atoms with Gasteiger partial charge in [-0.2, -0.15) is 4.52 Å². The first kappa shape index (κ1) is 16.9. The van der Waals surface area contributed by atoms with E-state index in [1.807, 2.05) is 39.1 Å². The molecule has 1 aliphatic heterocycles. The molecule has 0 spiro atoms. The number of rotatable bonds is 4. The van der Waals surface area contributed by atoms with Crippen LogP contribution in [0.2, 0.25) is 0 Å². The summed E-state index contributed by atoms with van der Waals surface area (Å²) in [4.78, 5) is 2.09. The number of β-amino-alcohol motifs (C(OH)–C–C–N with tert-alkyl or cyclic N) is 1. The van der Waals surface area contributed by atoms with E-state index in [1.165, 1.54) is 0 Å². The zero-order chi connectivity index (χ0) is 18.3. The smallest absolute Gasteiger partial charge is 0.178 e. The van der Waals surface area contributed by atoms with E-state index in [1.54, 1.807) is 9.20 Å². The number of aromatic nitrogens is 7. The molecule has 3 aromatic rings. The SMILES string of the molecule is CCc1nnc2ccc(N3CCC[C@@](O)(c4cn(C(C)C)nn4)C3)nn12. The molecule has 0 bridgehead atoms. The predicted molar refractivity (Wildman–Crippen MR) is 95.9 cm³/mol. The molecule has 26 heavy (non-hydrogen) atoms. The lowest BCUT2D eigenvalue weighted by Crippen LogP contribution is -2.47. The van der Waals surface area contributed by atoms with Crippen molar-refractivity contribution in [2.45, 2.75) is 51.7 Å². The molecular formula is C17H24N8O. The number of piperidine rings is 1. The van der Waals surface area contributed by atoms with E-state index < -0.39 is 5.60 Å². The number of hydrogen-bond acceptors (Lipinski definition) is 7. The van der Waals surface area contributed by atoms with E-state index in [0.29, 0.717) is 18.7 Å².